The topological polar surface area (TPSA) is 64.0 Å². The van der Waals surface area contributed by atoms with E-state index in [9.17, 15) is 8.42 Å². The highest BCUT2D eigenvalue weighted by Crippen LogP contribution is 2.19. The first-order valence-electron chi connectivity index (χ1n) is 6.51. The van der Waals surface area contributed by atoms with Gasteiger partial charge in [0.05, 0.1) is 10.6 Å². The maximum Gasteiger partial charge on any atom is 0.207 e. The highest BCUT2D eigenvalue weighted by Gasteiger charge is 2.08. The fourth-order valence-corrected chi connectivity index (χ4v) is 2.60. The third-order valence-electron chi connectivity index (χ3n) is 2.90. The lowest BCUT2D eigenvalue weighted by atomic mass is 10.3. The quantitative estimate of drug-likeness (QED) is 0.920. The lowest BCUT2D eigenvalue weighted by Crippen LogP contribution is -2.03. The van der Waals surface area contributed by atoms with Gasteiger partial charge in [0.2, 0.25) is 5.95 Å². The lowest BCUT2D eigenvalue weighted by molar-refractivity contribution is 0.602. The van der Waals surface area contributed by atoms with Crippen molar-refractivity contribution in [2.75, 3.05) is 11.6 Å². The van der Waals surface area contributed by atoms with Crippen molar-refractivity contribution in [3.8, 4) is 0 Å². The maximum atomic E-state index is 11.4. The van der Waals surface area contributed by atoms with Gasteiger partial charge in [-0.15, -0.1) is 0 Å². The Morgan fingerprint density at radius 2 is 1.90 bits per heavy atom. The summed E-state index contributed by atoms with van der Waals surface area (Å²) in [7, 11) is -3.15. The Morgan fingerprint density at radius 3 is 2.45 bits per heavy atom. The highest BCUT2D eigenvalue weighted by molar-refractivity contribution is 7.90. The van der Waals surface area contributed by atoms with E-state index >= 15 is 0 Å². The number of sulfone groups is 1. The van der Waals surface area contributed by atoms with E-state index in [0.717, 1.165) is 30.3 Å². The van der Waals surface area contributed by atoms with Gasteiger partial charge < -0.3 is 9.88 Å². The van der Waals surface area contributed by atoms with Crippen LogP contribution in [0.3, 0.4) is 0 Å². The van der Waals surface area contributed by atoms with Gasteiger partial charge in [-0.3, -0.25) is 0 Å². The van der Waals surface area contributed by atoms with Gasteiger partial charge >= 0.3 is 0 Å². The highest BCUT2D eigenvalue weighted by atomic mass is 32.2. The number of nitrogens with one attached hydrogen (secondary N) is 1. The maximum absolute atomic E-state index is 11.4. The molecule has 0 aliphatic carbocycles. The van der Waals surface area contributed by atoms with E-state index in [1.807, 2.05) is 13.1 Å². The molecule has 1 heterocycles. The Bertz CT molecular complexity index is 688. The average Bonchev–Trinajstić information content (AvgIpc) is 2.69. The molecule has 6 heteroatoms. The Balaban J connectivity index is 2.22. The second kappa shape index (κ2) is 5.66. The summed E-state index contributed by atoms with van der Waals surface area (Å²) in [6.07, 6.45) is 4.22. The first-order chi connectivity index (χ1) is 9.40. The molecule has 0 atom stereocenters. The van der Waals surface area contributed by atoms with Crippen LogP contribution in [0.5, 0.6) is 0 Å². The van der Waals surface area contributed by atoms with Crippen LogP contribution in [0.1, 0.15) is 19.0 Å². The standard InChI is InChI=1S/C14H19N3O2S/c1-4-9-17-10-11(2)15-14(17)16-12-5-7-13(8-6-12)20(3,18)19/h5-8,10H,4,9H2,1-3H3,(H,15,16). The van der Waals surface area contributed by atoms with Gasteiger partial charge in [0.15, 0.2) is 9.84 Å². The summed E-state index contributed by atoms with van der Waals surface area (Å²) >= 11 is 0. The summed E-state index contributed by atoms with van der Waals surface area (Å²) in [6, 6.07) is 6.68. The Labute approximate surface area is 119 Å². The number of hydrogen-bond acceptors (Lipinski definition) is 4. The summed E-state index contributed by atoms with van der Waals surface area (Å²) in [5.41, 5.74) is 1.77. The van der Waals surface area contributed by atoms with Gasteiger partial charge in [-0.1, -0.05) is 6.92 Å². The third kappa shape index (κ3) is 3.39. The number of hydrogen-bond donors (Lipinski definition) is 1. The van der Waals surface area contributed by atoms with Gasteiger partial charge in [-0.2, -0.15) is 0 Å². The molecule has 0 fully saturated rings. The minimum atomic E-state index is -3.15. The molecule has 5 nitrogen and oxygen atoms in total. The molecular formula is C14H19N3O2S. The number of anilines is 2. The van der Waals surface area contributed by atoms with Gasteiger partial charge in [0, 0.05) is 24.7 Å². The van der Waals surface area contributed by atoms with Gasteiger partial charge in [0.1, 0.15) is 0 Å². The van der Waals surface area contributed by atoms with Gasteiger partial charge in [-0.05, 0) is 37.6 Å². The van der Waals surface area contributed by atoms with E-state index in [-0.39, 0.29) is 0 Å². The second-order valence-electron chi connectivity index (χ2n) is 4.82. The second-order valence-corrected chi connectivity index (χ2v) is 6.84. The number of aryl methyl sites for hydroxylation is 2. The van der Waals surface area contributed by atoms with Crippen molar-refractivity contribution < 1.29 is 8.42 Å². The van der Waals surface area contributed by atoms with Crippen LogP contribution in [-0.4, -0.2) is 24.2 Å². The Morgan fingerprint density at radius 1 is 1.25 bits per heavy atom. The van der Waals surface area contributed by atoms with Crippen LogP contribution in [0.15, 0.2) is 35.4 Å². The molecule has 2 aromatic rings. The molecule has 0 aliphatic rings. The normalized spacial score (nSPS) is 11.6. The summed E-state index contributed by atoms with van der Waals surface area (Å²) in [4.78, 5) is 4.75. The van der Waals surface area contributed by atoms with Crippen molar-refractivity contribution in [1.29, 1.82) is 0 Å². The number of nitrogens with zero attached hydrogens (tertiary/aromatic N) is 2. The predicted molar refractivity (Wildman–Crippen MR) is 80.1 cm³/mol. The minimum Gasteiger partial charge on any atom is -0.326 e. The zero-order valence-electron chi connectivity index (χ0n) is 11.9. The zero-order valence-corrected chi connectivity index (χ0v) is 12.7. The van der Waals surface area contributed by atoms with E-state index in [2.05, 4.69) is 21.8 Å². The summed E-state index contributed by atoms with van der Waals surface area (Å²) in [5, 5.41) is 3.21. The van der Waals surface area contributed by atoms with Crippen LogP contribution in [0.4, 0.5) is 11.6 Å². The fraction of sp³-hybridized carbons (Fsp3) is 0.357. The Hall–Kier alpha value is -1.82. The molecule has 1 N–H and O–H groups in total. The van der Waals surface area contributed by atoms with E-state index in [0.29, 0.717) is 4.90 Å². The average molecular weight is 293 g/mol. The van der Waals surface area contributed by atoms with Crippen molar-refractivity contribution >= 4 is 21.5 Å². The molecule has 0 radical (unpaired) electrons. The zero-order chi connectivity index (χ0) is 14.8. The molecule has 1 aromatic heterocycles. The molecule has 2 rings (SSSR count). The summed E-state index contributed by atoms with van der Waals surface area (Å²) < 4.78 is 24.9. The van der Waals surface area contributed by atoms with Crippen LogP contribution in [0.25, 0.3) is 0 Å². The minimum absolute atomic E-state index is 0.316. The van der Waals surface area contributed by atoms with E-state index < -0.39 is 9.84 Å². The molecule has 0 unspecified atom stereocenters. The summed E-state index contributed by atoms with van der Waals surface area (Å²) in [6.45, 7) is 4.95. The molecule has 0 amide bonds. The molecule has 0 spiro atoms. The molecule has 1 aromatic carbocycles. The van der Waals surface area contributed by atoms with Crippen molar-refractivity contribution in [2.24, 2.45) is 0 Å². The Kier molecular flexibility index (Phi) is 4.13. The van der Waals surface area contributed by atoms with Crippen LogP contribution in [-0.2, 0) is 16.4 Å². The molecular weight excluding hydrogens is 274 g/mol. The van der Waals surface area contributed by atoms with Crippen LogP contribution in [0, 0.1) is 6.92 Å². The van der Waals surface area contributed by atoms with Gasteiger partial charge in [-0.25, -0.2) is 13.4 Å². The van der Waals surface area contributed by atoms with E-state index in [4.69, 9.17) is 0 Å². The van der Waals surface area contributed by atoms with Crippen molar-refractivity contribution in [3.63, 3.8) is 0 Å². The van der Waals surface area contributed by atoms with Crippen LogP contribution >= 0.6 is 0 Å². The van der Waals surface area contributed by atoms with Crippen molar-refractivity contribution in [1.82, 2.24) is 9.55 Å². The molecule has 108 valence electrons. The first-order valence-corrected chi connectivity index (χ1v) is 8.40. The van der Waals surface area contributed by atoms with Crippen LogP contribution in [0.2, 0.25) is 0 Å². The van der Waals surface area contributed by atoms with E-state index in [1.165, 1.54) is 6.26 Å². The largest absolute Gasteiger partial charge is 0.326 e. The number of rotatable bonds is 5. The van der Waals surface area contributed by atoms with Gasteiger partial charge in [0.25, 0.3) is 0 Å². The van der Waals surface area contributed by atoms with Crippen molar-refractivity contribution in [2.45, 2.75) is 31.7 Å². The number of imidazole rings is 1. The molecule has 0 aliphatic heterocycles. The number of benzene rings is 1. The third-order valence-corrected chi connectivity index (χ3v) is 4.03. The smallest absolute Gasteiger partial charge is 0.207 e. The molecule has 0 saturated heterocycles. The van der Waals surface area contributed by atoms with Crippen LogP contribution < -0.4 is 5.32 Å². The lowest BCUT2D eigenvalue weighted by Gasteiger charge is -2.09. The first kappa shape index (κ1) is 14.6. The van der Waals surface area contributed by atoms with Crippen molar-refractivity contribution in [3.05, 3.63) is 36.2 Å². The number of aromatic nitrogens is 2. The predicted octanol–water partition coefficient (Wildman–Crippen LogP) is 2.75. The monoisotopic (exact) mass is 293 g/mol. The van der Waals surface area contributed by atoms with E-state index in [1.54, 1.807) is 24.3 Å². The summed E-state index contributed by atoms with van der Waals surface area (Å²) in [5.74, 6) is 0.774. The molecule has 0 bridgehead atoms. The fourth-order valence-electron chi connectivity index (χ4n) is 1.97. The molecule has 20 heavy (non-hydrogen) atoms. The SMILES string of the molecule is CCCn1cc(C)nc1Nc1ccc(S(C)(=O)=O)cc1. The molecule has 0 saturated carbocycles.